The maximum absolute atomic E-state index is 11.9. The summed E-state index contributed by atoms with van der Waals surface area (Å²) in [4.78, 5) is 11.9. The van der Waals surface area contributed by atoms with E-state index < -0.39 is 0 Å². The second kappa shape index (κ2) is 7.28. The molecule has 0 saturated carbocycles. The van der Waals surface area contributed by atoms with E-state index in [1.165, 1.54) is 0 Å². The van der Waals surface area contributed by atoms with Crippen LogP contribution < -0.4 is 10.1 Å². The number of aromatic nitrogens is 2. The summed E-state index contributed by atoms with van der Waals surface area (Å²) in [6, 6.07) is 8.58. The summed E-state index contributed by atoms with van der Waals surface area (Å²) in [7, 11) is 1.87. The van der Waals surface area contributed by atoms with Crippen LogP contribution in [0.25, 0.3) is 11.1 Å². The van der Waals surface area contributed by atoms with Crippen molar-refractivity contribution in [3.63, 3.8) is 0 Å². The molecule has 1 amide bonds. The highest BCUT2D eigenvalue weighted by molar-refractivity contribution is 5.78. The summed E-state index contributed by atoms with van der Waals surface area (Å²) >= 11 is 0. The first-order chi connectivity index (χ1) is 11.2. The number of aryl methyl sites for hydroxylation is 1. The Morgan fingerprint density at radius 1 is 1.52 bits per heavy atom. The smallest absolute Gasteiger partial charge is 0.258 e. The molecule has 23 heavy (non-hydrogen) atoms. The van der Waals surface area contributed by atoms with E-state index in [1.807, 2.05) is 25.4 Å². The summed E-state index contributed by atoms with van der Waals surface area (Å²) in [5.74, 6) is 0.480. The number of carbonyl (C=O) groups excluding carboxylic acids is 1. The van der Waals surface area contributed by atoms with Crippen molar-refractivity contribution in [2.75, 3.05) is 19.8 Å². The van der Waals surface area contributed by atoms with Crippen LogP contribution in [-0.4, -0.2) is 41.6 Å². The van der Waals surface area contributed by atoms with Crippen molar-refractivity contribution in [2.45, 2.75) is 18.9 Å². The van der Waals surface area contributed by atoms with Gasteiger partial charge in [0.25, 0.3) is 5.91 Å². The third-order valence-corrected chi connectivity index (χ3v) is 3.70. The van der Waals surface area contributed by atoms with Gasteiger partial charge in [0.1, 0.15) is 5.75 Å². The second-order valence-corrected chi connectivity index (χ2v) is 5.63. The monoisotopic (exact) mass is 314 g/mol. The summed E-state index contributed by atoms with van der Waals surface area (Å²) in [5.41, 5.74) is 1.94. The summed E-state index contributed by atoms with van der Waals surface area (Å²) < 4.78 is 12.6. The highest BCUT2D eigenvalue weighted by Crippen LogP contribution is 2.22. The van der Waals surface area contributed by atoms with Crippen molar-refractivity contribution < 1.29 is 14.3 Å². The minimum atomic E-state index is -0.132. The van der Waals surface area contributed by atoms with Gasteiger partial charge in [-0.1, -0.05) is 0 Å². The van der Waals surface area contributed by atoms with Crippen LogP contribution in [0.3, 0.4) is 0 Å². The molecule has 1 N–H and O–H groups in total. The van der Waals surface area contributed by atoms with Gasteiger partial charge in [-0.3, -0.25) is 9.48 Å². The van der Waals surface area contributed by atoms with Gasteiger partial charge in [0.2, 0.25) is 0 Å². The average Bonchev–Trinajstić information content (AvgIpc) is 3.01. The zero-order chi connectivity index (χ0) is 16.1. The van der Waals surface area contributed by atoms with E-state index in [0.717, 1.165) is 30.6 Å². The number of ether oxygens (including phenoxy) is 2. The number of benzene rings is 1. The van der Waals surface area contributed by atoms with Crippen molar-refractivity contribution in [1.29, 1.82) is 0 Å². The second-order valence-electron chi connectivity index (χ2n) is 5.63. The zero-order valence-corrected chi connectivity index (χ0v) is 13.1. The number of nitrogens with one attached hydrogen (secondary N) is 1. The van der Waals surface area contributed by atoms with Gasteiger partial charge in [-0.05, 0) is 42.7 Å². The van der Waals surface area contributed by atoms with Crippen LogP contribution in [-0.2, 0) is 16.6 Å². The van der Waals surface area contributed by atoms with Crippen LogP contribution in [0.1, 0.15) is 12.8 Å². The normalized spacial score (nSPS) is 17.7. The molecule has 1 aromatic carbocycles. The molecule has 1 aliphatic rings. The largest absolute Gasteiger partial charge is 0.484 e. The van der Waals surface area contributed by atoms with Gasteiger partial charge in [-0.2, -0.15) is 5.10 Å². The highest BCUT2D eigenvalue weighted by atomic mass is 16.5. The molecule has 3 rings (SSSR count). The van der Waals surface area contributed by atoms with Crippen molar-refractivity contribution >= 4 is 5.91 Å². The predicted molar refractivity (Wildman–Crippen MR) is 85.0 cm³/mol. The number of hydrogen-bond donors (Lipinski definition) is 1. The van der Waals surface area contributed by atoms with Gasteiger partial charge in [-0.25, -0.2) is 0 Å². The van der Waals surface area contributed by atoms with Crippen molar-refractivity contribution in [3.05, 3.63) is 36.7 Å². The SMILES string of the molecule is Cn1cc(-c2c[c]cc(OCC(=O)NC3CCCOC3)c2)cn1. The van der Waals surface area contributed by atoms with Crippen LogP contribution in [0.4, 0.5) is 0 Å². The Hall–Kier alpha value is -2.34. The molecule has 121 valence electrons. The average molecular weight is 314 g/mol. The first-order valence-corrected chi connectivity index (χ1v) is 7.71. The maximum atomic E-state index is 11.9. The number of amides is 1. The standard InChI is InChI=1S/C17H20N3O3/c1-20-10-14(9-18-20)13-4-2-6-16(8-13)23-12-17(21)19-15-5-3-7-22-11-15/h4,6,8-10,15H,3,5,7,11-12H2,1H3,(H,19,21). The van der Waals surface area contributed by atoms with Crippen molar-refractivity contribution in [2.24, 2.45) is 7.05 Å². The van der Waals surface area contributed by atoms with Crippen LogP contribution >= 0.6 is 0 Å². The highest BCUT2D eigenvalue weighted by Gasteiger charge is 2.16. The number of hydrogen-bond acceptors (Lipinski definition) is 4. The Bertz CT molecular complexity index is 663. The molecule has 2 heterocycles. The molecule has 1 saturated heterocycles. The van der Waals surface area contributed by atoms with E-state index in [4.69, 9.17) is 9.47 Å². The van der Waals surface area contributed by atoms with Crippen molar-refractivity contribution in [1.82, 2.24) is 15.1 Å². The summed E-state index contributed by atoms with van der Waals surface area (Å²) in [6.07, 6.45) is 5.63. The van der Waals surface area contributed by atoms with E-state index in [1.54, 1.807) is 16.9 Å². The fourth-order valence-corrected chi connectivity index (χ4v) is 2.54. The predicted octanol–water partition coefficient (Wildman–Crippen LogP) is 1.56. The fourth-order valence-electron chi connectivity index (χ4n) is 2.54. The number of nitrogens with zero attached hydrogens (tertiary/aromatic N) is 2. The molecular weight excluding hydrogens is 294 g/mol. The van der Waals surface area contributed by atoms with Crippen LogP contribution in [0.5, 0.6) is 5.75 Å². The van der Waals surface area contributed by atoms with Crippen LogP contribution in [0.2, 0.25) is 0 Å². The lowest BCUT2D eigenvalue weighted by Gasteiger charge is -2.23. The van der Waals surface area contributed by atoms with Gasteiger partial charge in [0.15, 0.2) is 6.61 Å². The molecule has 6 heteroatoms. The molecular formula is C17H20N3O3. The van der Waals surface area contributed by atoms with E-state index in [2.05, 4.69) is 16.5 Å². The van der Waals surface area contributed by atoms with E-state index in [9.17, 15) is 4.79 Å². The lowest BCUT2D eigenvalue weighted by Crippen LogP contribution is -2.42. The van der Waals surface area contributed by atoms with Crippen LogP contribution in [0.15, 0.2) is 30.6 Å². The molecule has 0 aliphatic carbocycles. The van der Waals surface area contributed by atoms with Gasteiger partial charge in [0, 0.05) is 25.4 Å². The molecule has 6 nitrogen and oxygen atoms in total. The van der Waals surface area contributed by atoms with Gasteiger partial charge in [-0.15, -0.1) is 0 Å². The first kappa shape index (κ1) is 15.6. The summed E-state index contributed by atoms with van der Waals surface area (Å²) in [5, 5.41) is 7.07. The van der Waals surface area contributed by atoms with E-state index in [0.29, 0.717) is 12.4 Å². The Morgan fingerprint density at radius 2 is 2.43 bits per heavy atom. The molecule has 1 aromatic heterocycles. The molecule has 1 fully saturated rings. The molecule has 1 aliphatic heterocycles. The molecule has 0 bridgehead atoms. The minimum Gasteiger partial charge on any atom is -0.484 e. The van der Waals surface area contributed by atoms with Gasteiger partial charge in [0.05, 0.1) is 18.8 Å². The quantitative estimate of drug-likeness (QED) is 0.909. The first-order valence-electron chi connectivity index (χ1n) is 7.71. The third-order valence-electron chi connectivity index (χ3n) is 3.70. The topological polar surface area (TPSA) is 65.4 Å². The van der Waals surface area contributed by atoms with E-state index >= 15 is 0 Å². The lowest BCUT2D eigenvalue weighted by atomic mass is 10.1. The summed E-state index contributed by atoms with van der Waals surface area (Å²) in [6.45, 7) is 1.34. The van der Waals surface area contributed by atoms with E-state index in [-0.39, 0.29) is 18.6 Å². The Balaban J connectivity index is 1.54. The lowest BCUT2D eigenvalue weighted by molar-refractivity contribution is -0.124. The molecule has 1 atom stereocenters. The minimum absolute atomic E-state index is 0.0131. The molecule has 0 spiro atoms. The maximum Gasteiger partial charge on any atom is 0.258 e. The Morgan fingerprint density at radius 3 is 3.17 bits per heavy atom. The number of carbonyl (C=O) groups is 1. The molecule has 1 radical (unpaired) electrons. The fraction of sp³-hybridized carbons (Fsp3) is 0.412. The Kier molecular flexibility index (Phi) is 4.92. The Labute approximate surface area is 135 Å². The van der Waals surface area contributed by atoms with Gasteiger partial charge < -0.3 is 14.8 Å². The third kappa shape index (κ3) is 4.32. The molecule has 2 aromatic rings. The van der Waals surface area contributed by atoms with Crippen LogP contribution in [0, 0.1) is 6.07 Å². The molecule has 1 unspecified atom stereocenters. The zero-order valence-electron chi connectivity index (χ0n) is 13.1. The number of rotatable bonds is 5. The van der Waals surface area contributed by atoms with Crippen molar-refractivity contribution in [3.8, 4) is 16.9 Å². The van der Waals surface area contributed by atoms with Gasteiger partial charge >= 0.3 is 0 Å².